The van der Waals surface area contributed by atoms with Crippen LogP contribution in [0.3, 0.4) is 0 Å². The fourth-order valence-electron chi connectivity index (χ4n) is 11.4. The molecule has 0 unspecified atom stereocenters. The van der Waals surface area contributed by atoms with E-state index in [1.807, 2.05) is 0 Å². The molecule has 0 aliphatic heterocycles. The molecule has 0 saturated carbocycles. The van der Waals surface area contributed by atoms with Crippen molar-refractivity contribution in [1.82, 2.24) is 0 Å². The van der Waals surface area contributed by atoms with E-state index < -0.39 is 0 Å². The molecule has 0 amide bonds. The number of para-hydroxylation sites is 2. The molecular weight excluding hydrogens is 723 g/mol. The highest BCUT2D eigenvalue weighted by Gasteiger charge is 2.43. The molecule has 0 saturated heterocycles. The van der Waals surface area contributed by atoms with Crippen molar-refractivity contribution in [2.45, 2.75) is 84.0 Å². The molecule has 0 fully saturated rings. The Morgan fingerprint density at radius 2 is 0.983 bits per heavy atom. The first-order valence-electron chi connectivity index (χ1n) is 22.4. The van der Waals surface area contributed by atoms with E-state index in [0.29, 0.717) is 0 Å². The lowest BCUT2D eigenvalue weighted by atomic mass is 9.71. The van der Waals surface area contributed by atoms with Gasteiger partial charge < -0.3 is 4.90 Å². The summed E-state index contributed by atoms with van der Waals surface area (Å²) in [5.41, 5.74) is 22.0. The average molecular weight is 778 g/mol. The molecule has 0 heterocycles. The van der Waals surface area contributed by atoms with Gasteiger partial charge in [0.25, 0.3) is 0 Å². The summed E-state index contributed by atoms with van der Waals surface area (Å²) in [6, 6.07) is 56.8. The van der Waals surface area contributed by atoms with E-state index >= 15 is 0 Å². The Kier molecular flexibility index (Phi) is 9.60. The fourth-order valence-corrected chi connectivity index (χ4v) is 11.4. The van der Waals surface area contributed by atoms with Crippen LogP contribution < -0.4 is 4.90 Å². The van der Waals surface area contributed by atoms with E-state index in [9.17, 15) is 0 Å². The minimum atomic E-state index is -0.0546. The topological polar surface area (TPSA) is 3.24 Å². The number of aryl methyl sites for hydroxylation is 1. The maximum atomic E-state index is 2.60. The van der Waals surface area contributed by atoms with Gasteiger partial charge in [0, 0.05) is 27.9 Å². The molecule has 1 nitrogen and oxygen atoms in total. The SMILES string of the molecule is CCC1(CC)C2=C(CCC(c3ccc(C)c4ccccc34)=C2)c2ccc(C=Cc3ccc4c(c3)C(CC)(CC)c3cc(N(c5ccccc5)c5ccccc5)ccc3-4)cc21. The van der Waals surface area contributed by atoms with Gasteiger partial charge in [-0.15, -0.1) is 0 Å². The van der Waals surface area contributed by atoms with Crippen LogP contribution >= 0.6 is 0 Å². The number of benzene rings is 7. The second-order valence-electron chi connectivity index (χ2n) is 17.3. The minimum Gasteiger partial charge on any atom is -0.310 e. The van der Waals surface area contributed by atoms with Crippen molar-refractivity contribution in [2.24, 2.45) is 0 Å². The van der Waals surface area contributed by atoms with Crippen LogP contribution in [0.5, 0.6) is 0 Å². The monoisotopic (exact) mass is 777 g/mol. The summed E-state index contributed by atoms with van der Waals surface area (Å²) in [6.07, 6.45) is 13.8. The van der Waals surface area contributed by atoms with Crippen molar-refractivity contribution < 1.29 is 0 Å². The third-order valence-electron chi connectivity index (χ3n) is 14.7. The number of hydrogen-bond acceptors (Lipinski definition) is 1. The largest absolute Gasteiger partial charge is 0.310 e. The zero-order chi connectivity index (χ0) is 41.0. The molecular formula is C59H55N. The molecule has 0 radical (unpaired) electrons. The van der Waals surface area contributed by atoms with E-state index in [1.54, 1.807) is 11.1 Å². The first-order chi connectivity index (χ1) is 29.4. The molecule has 10 rings (SSSR count). The normalized spacial score (nSPS) is 15.8. The molecule has 0 bridgehead atoms. The Morgan fingerprint density at radius 3 is 1.60 bits per heavy atom. The van der Waals surface area contributed by atoms with Crippen molar-refractivity contribution in [2.75, 3.05) is 4.90 Å². The van der Waals surface area contributed by atoms with E-state index in [2.05, 4.69) is 209 Å². The Hall–Kier alpha value is -6.18. The third-order valence-corrected chi connectivity index (χ3v) is 14.7. The van der Waals surface area contributed by atoms with Gasteiger partial charge in [-0.2, -0.15) is 0 Å². The summed E-state index contributed by atoms with van der Waals surface area (Å²) in [5.74, 6) is 0. The average Bonchev–Trinajstić information content (AvgIpc) is 3.74. The van der Waals surface area contributed by atoms with Gasteiger partial charge in [-0.25, -0.2) is 0 Å². The van der Waals surface area contributed by atoms with Crippen molar-refractivity contribution in [1.29, 1.82) is 0 Å². The van der Waals surface area contributed by atoms with Crippen molar-refractivity contribution >= 4 is 51.1 Å². The summed E-state index contributed by atoms with van der Waals surface area (Å²) in [6.45, 7) is 11.8. The quantitative estimate of drug-likeness (QED) is 0.125. The third kappa shape index (κ3) is 5.88. The highest BCUT2D eigenvalue weighted by molar-refractivity contribution is 5.99. The molecule has 0 aromatic heterocycles. The van der Waals surface area contributed by atoms with Crippen LogP contribution in [0.25, 0.3) is 45.2 Å². The zero-order valence-electron chi connectivity index (χ0n) is 35.9. The van der Waals surface area contributed by atoms with Crippen molar-refractivity contribution in [3.8, 4) is 11.1 Å². The van der Waals surface area contributed by atoms with Crippen LogP contribution in [0.2, 0.25) is 0 Å². The summed E-state index contributed by atoms with van der Waals surface area (Å²) in [7, 11) is 0. The molecule has 60 heavy (non-hydrogen) atoms. The molecule has 0 spiro atoms. The van der Waals surface area contributed by atoms with Gasteiger partial charge in [0.1, 0.15) is 0 Å². The molecule has 3 aliphatic rings. The highest BCUT2D eigenvalue weighted by Crippen LogP contribution is 2.57. The summed E-state index contributed by atoms with van der Waals surface area (Å²) in [4.78, 5) is 2.39. The summed E-state index contributed by atoms with van der Waals surface area (Å²) < 4.78 is 0. The van der Waals surface area contributed by atoms with Gasteiger partial charge in [0.15, 0.2) is 0 Å². The van der Waals surface area contributed by atoms with Crippen LogP contribution in [0.4, 0.5) is 17.1 Å². The minimum absolute atomic E-state index is 0.0251. The molecule has 1 heteroatoms. The van der Waals surface area contributed by atoms with Crippen LogP contribution in [0.1, 0.15) is 111 Å². The van der Waals surface area contributed by atoms with Gasteiger partial charge in [-0.3, -0.25) is 0 Å². The molecule has 296 valence electrons. The fraction of sp³-hybridized carbons (Fsp3) is 0.220. The Morgan fingerprint density at radius 1 is 0.467 bits per heavy atom. The van der Waals surface area contributed by atoms with Crippen molar-refractivity contribution in [3.05, 3.63) is 208 Å². The van der Waals surface area contributed by atoms with Gasteiger partial charge >= 0.3 is 0 Å². The molecule has 7 aromatic carbocycles. The first kappa shape index (κ1) is 38.0. The zero-order valence-corrected chi connectivity index (χ0v) is 35.9. The van der Waals surface area contributed by atoms with Crippen LogP contribution in [0.15, 0.2) is 163 Å². The maximum absolute atomic E-state index is 2.60. The van der Waals surface area contributed by atoms with Gasteiger partial charge in [0.2, 0.25) is 0 Å². The van der Waals surface area contributed by atoms with E-state index in [1.165, 1.54) is 89.0 Å². The second kappa shape index (κ2) is 15.1. The summed E-state index contributed by atoms with van der Waals surface area (Å²) >= 11 is 0. The van der Waals surface area contributed by atoms with Gasteiger partial charge in [-0.1, -0.05) is 161 Å². The predicted molar refractivity (Wildman–Crippen MR) is 258 cm³/mol. The molecule has 7 aromatic rings. The number of nitrogens with zero attached hydrogens (tertiary/aromatic N) is 1. The molecule has 0 N–H and O–H groups in total. The number of rotatable bonds is 10. The smallest absolute Gasteiger partial charge is 0.0465 e. The highest BCUT2D eigenvalue weighted by atomic mass is 15.1. The van der Waals surface area contributed by atoms with E-state index in [0.717, 1.165) is 38.5 Å². The van der Waals surface area contributed by atoms with Crippen molar-refractivity contribution in [3.63, 3.8) is 0 Å². The Bertz CT molecular complexity index is 2820. The Labute approximate surface area is 357 Å². The van der Waals surface area contributed by atoms with E-state index in [4.69, 9.17) is 0 Å². The number of fused-ring (bicyclic) bond motifs is 6. The number of anilines is 3. The van der Waals surface area contributed by atoms with Crippen LogP contribution in [0, 0.1) is 6.92 Å². The lowest BCUT2D eigenvalue weighted by Gasteiger charge is -2.32. The number of allylic oxidation sites excluding steroid dienone is 4. The second-order valence-corrected chi connectivity index (χ2v) is 17.3. The lowest BCUT2D eigenvalue weighted by molar-refractivity contribution is 0.485. The van der Waals surface area contributed by atoms with Crippen LogP contribution in [-0.4, -0.2) is 0 Å². The Balaban J connectivity index is 0.980. The van der Waals surface area contributed by atoms with Gasteiger partial charge in [0.05, 0.1) is 0 Å². The molecule has 3 aliphatic carbocycles. The standard InChI is InChI=1S/C59H55N/c1-6-58(7-2)54-36-41(27-32-50(54)52-34-29-43(38-56(52)58)48-31-24-40(5)47-22-16-17-23-49(47)48)25-26-42-28-33-51-53-35-30-46(39-57(53)59(8-3,9-4)55(51)37-42)60(44-18-12-10-13-19-44)45-20-14-11-15-21-45/h10-28,30-33,35-39H,6-9,29,34H2,1-5H3. The van der Waals surface area contributed by atoms with Crippen LogP contribution in [-0.2, 0) is 10.8 Å². The van der Waals surface area contributed by atoms with Gasteiger partial charge in [-0.05, 0) is 165 Å². The predicted octanol–water partition coefficient (Wildman–Crippen LogP) is 16.6. The molecule has 0 atom stereocenters. The summed E-state index contributed by atoms with van der Waals surface area (Å²) in [5, 5.41) is 2.74. The van der Waals surface area contributed by atoms with E-state index in [-0.39, 0.29) is 10.8 Å². The lowest BCUT2D eigenvalue weighted by Crippen LogP contribution is -2.24. The maximum Gasteiger partial charge on any atom is 0.0465 e. The first-order valence-corrected chi connectivity index (χ1v) is 22.4. The number of hydrogen-bond donors (Lipinski definition) is 0.